The molecule has 41 heavy (non-hydrogen) atoms. The van der Waals surface area contributed by atoms with E-state index in [0.717, 1.165) is 41.1 Å². The Balaban J connectivity index is 1.70. The van der Waals surface area contributed by atoms with Gasteiger partial charge in [-0.05, 0) is 77.0 Å². The van der Waals surface area contributed by atoms with Gasteiger partial charge in [-0.2, -0.15) is 0 Å². The fourth-order valence-corrected chi connectivity index (χ4v) is 7.25. The molecule has 1 aliphatic rings. The van der Waals surface area contributed by atoms with Gasteiger partial charge in [0.1, 0.15) is 5.75 Å². The predicted octanol–water partition coefficient (Wildman–Crippen LogP) is 6.14. The SMILES string of the molecule is CCOC(=O)c1ccc(-c2ccc(OCCCOC(C)=O)c(-c3ccc(N4CCCC4)c([SiH2]C(C)(C)C)c3)c2)cc1. The van der Waals surface area contributed by atoms with E-state index in [4.69, 9.17) is 14.2 Å². The summed E-state index contributed by atoms with van der Waals surface area (Å²) in [6, 6.07) is 20.7. The molecule has 0 bridgehead atoms. The number of carbonyl (C=O) groups is 2. The van der Waals surface area contributed by atoms with E-state index in [1.807, 2.05) is 36.4 Å². The van der Waals surface area contributed by atoms with Crippen LogP contribution < -0.4 is 14.8 Å². The van der Waals surface area contributed by atoms with Crippen molar-refractivity contribution in [2.75, 3.05) is 37.8 Å². The molecule has 7 heteroatoms. The van der Waals surface area contributed by atoms with E-state index < -0.39 is 9.52 Å². The lowest BCUT2D eigenvalue weighted by Crippen LogP contribution is -2.31. The molecule has 0 aromatic heterocycles. The summed E-state index contributed by atoms with van der Waals surface area (Å²) >= 11 is 0. The van der Waals surface area contributed by atoms with E-state index in [1.165, 1.54) is 30.6 Å². The first-order valence-electron chi connectivity index (χ1n) is 14.7. The normalized spacial score (nSPS) is 13.5. The number of esters is 2. The van der Waals surface area contributed by atoms with Crippen LogP contribution >= 0.6 is 0 Å². The average molecular weight is 574 g/mol. The van der Waals surface area contributed by atoms with Crippen molar-refractivity contribution < 1.29 is 23.8 Å². The molecule has 0 atom stereocenters. The minimum Gasteiger partial charge on any atom is -0.493 e. The largest absolute Gasteiger partial charge is 0.493 e. The van der Waals surface area contributed by atoms with Crippen LogP contribution in [-0.4, -0.2) is 54.4 Å². The first-order valence-corrected chi connectivity index (χ1v) is 16.1. The summed E-state index contributed by atoms with van der Waals surface area (Å²) in [7, 11) is -0.557. The monoisotopic (exact) mass is 573 g/mol. The second-order valence-electron chi connectivity index (χ2n) is 11.8. The highest BCUT2D eigenvalue weighted by atomic mass is 28.2. The topological polar surface area (TPSA) is 65.1 Å². The number of rotatable bonds is 11. The van der Waals surface area contributed by atoms with Crippen LogP contribution in [0.2, 0.25) is 5.04 Å². The quantitative estimate of drug-likeness (QED) is 0.156. The summed E-state index contributed by atoms with van der Waals surface area (Å²) in [6.45, 7) is 13.6. The zero-order valence-corrected chi connectivity index (χ0v) is 26.5. The van der Waals surface area contributed by atoms with Gasteiger partial charge in [-0.25, -0.2) is 4.79 Å². The van der Waals surface area contributed by atoms with Crippen LogP contribution in [0.15, 0.2) is 60.7 Å². The van der Waals surface area contributed by atoms with Crippen molar-refractivity contribution in [2.24, 2.45) is 0 Å². The Hall–Kier alpha value is -3.58. The fraction of sp³-hybridized carbons (Fsp3) is 0.412. The maximum atomic E-state index is 12.1. The zero-order valence-electron chi connectivity index (χ0n) is 25.1. The van der Waals surface area contributed by atoms with E-state index in [0.29, 0.717) is 31.8 Å². The zero-order chi connectivity index (χ0) is 29.4. The number of ether oxygens (including phenoxy) is 3. The molecule has 0 saturated carbocycles. The molecule has 1 heterocycles. The average Bonchev–Trinajstić information content (AvgIpc) is 3.47. The lowest BCUT2D eigenvalue weighted by molar-refractivity contribution is -0.141. The number of hydrogen-bond donors (Lipinski definition) is 0. The van der Waals surface area contributed by atoms with E-state index in [-0.39, 0.29) is 17.0 Å². The molecule has 6 nitrogen and oxygen atoms in total. The van der Waals surface area contributed by atoms with Crippen molar-refractivity contribution in [2.45, 2.75) is 58.9 Å². The van der Waals surface area contributed by atoms with E-state index >= 15 is 0 Å². The second-order valence-corrected chi connectivity index (χ2v) is 15.1. The van der Waals surface area contributed by atoms with Crippen LogP contribution in [0.5, 0.6) is 5.75 Å². The van der Waals surface area contributed by atoms with Gasteiger partial charge < -0.3 is 19.1 Å². The summed E-state index contributed by atoms with van der Waals surface area (Å²) in [5, 5.41) is 1.77. The van der Waals surface area contributed by atoms with Gasteiger partial charge in [0, 0.05) is 37.7 Å². The van der Waals surface area contributed by atoms with Gasteiger partial charge in [-0.1, -0.05) is 51.1 Å². The van der Waals surface area contributed by atoms with Gasteiger partial charge in [-0.15, -0.1) is 0 Å². The van der Waals surface area contributed by atoms with Crippen LogP contribution in [0.1, 0.15) is 64.2 Å². The molecule has 0 aliphatic carbocycles. The van der Waals surface area contributed by atoms with Crippen molar-refractivity contribution in [3.8, 4) is 28.0 Å². The van der Waals surface area contributed by atoms with Crippen LogP contribution in [0.25, 0.3) is 22.3 Å². The molecular formula is C34H43NO5Si. The lowest BCUT2D eigenvalue weighted by Gasteiger charge is -2.26. The van der Waals surface area contributed by atoms with Crippen LogP contribution in [0, 0.1) is 0 Å². The number of benzene rings is 3. The number of hydrogen-bond acceptors (Lipinski definition) is 6. The van der Waals surface area contributed by atoms with Gasteiger partial charge in [0.15, 0.2) is 0 Å². The summed E-state index contributed by atoms with van der Waals surface area (Å²) < 4.78 is 16.5. The first kappa shape index (κ1) is 30.4. The molecule has 1 aliphatic heterocycles. The maximum Gasteiger partial charge on any atom is 0.338 e. The number of anilines is 1. The Morgan fingerprint density at radius 1 is 0.854 bits per heavy atom. The van der Waals surface area contributed by atoms with Gasteiger partial charge >= 0.3 is 11.9 Å². The van der Waals surface area contributed by atoms with Crippen LogP contribution in [0.4, 0.5) is 5.69 Å². The molecule has 1 saturated heterocycles. The first-order chi connectivity index (χ1) is 19.6. The molecule has 0 unspecified atom stereocenters. The third-order valence-corrected chi connectivity index (χ3v) is 9.13. The van der Waals surface area contributed by atoms with Crippen molar-refractivity contribution in [3.05, 3.63) is 66.2 Å². The van der Waals surface area contributed by atoms with Crippen molar-refractivity contribution in [3.63, 3.8) is 0 Å². The van der Waals surface area contributed by atoms with E-state index in [9.17, 15) is 9.59 Å². The number of nitrogens with zero attached hydrogens (tertiary/aromatic N) is 1. The highest BCUT2D eigenvalue weighted by Crippen LogP contribution is 2.36. The van der Waals surface area contributed by atoms with Crippen LogP contribution in [0.3, 0.4) is 0 Å². The molecule has 0 spiro atoms. The third-order valence-electron chi connectivity index (χ3n) is 7.12. The summed E-state index contributed by atoms with van der Waals surface area (Å²) in [4.78, 5) is 25.8. The summed E-state index contributed by atoms with van der Waals surface area (Å²) in [5.41, 5.74) is 6.15. The molecule has 1 fully saturated rings. The third kappa shape index (κ3) is 8.46. The van der Waals surface area contributed by atoms with Gasteiger partial charge in [0.05, 0.1) is 34.9 Å². The van der Waals surface area contributed by atoms with E-state index in [1.54, 1.807) is 6.92 Å². The van der Waals surface area contributed by atoms with Crippen LogP contribution in [-0.2, 0) is 14.3 Å². The second kappa shape index (κ2) is 13.9. The standard InChI is InChI=1S/C34H43NO5Si/c1-6-38-33(37)26-12-10-25(11-13-26)27-15-17-31(40-21-9-20-39-24(2)36)29(22-27)28-14-16-30(35-18-7-8-19-35)32(23-28)41-34(3,4)5/h10-17,22-23H,6-9,18-21,41H2,1-5H3. The van der Waals surface area contributed by atoms with Crippen molar-refractivity contribution >= 4 is 32.3 Å². The highest BCUT2D eigenvalue weighted by molar-refractivity contribution is 6.58. The highest BCUT2D eigenvalue weighted by Gasteiger charge is 2.22. The molecule has 0 amide bonds. The Kier molecular flexibility index (Phi) is 10.3. The Morgan fingerprint density at radius 3 is 2.20 bits per heavy atom. The fourth-order valence-electron chi connectivity index (χ4n) is 5.26. The Morgan fingerprint density at radius 2 is 1.54 bits per heavy atom. The van der Waals surface area contributed by atoms with Crippen molar-refractivity contribution in [1.82, 2.24) is 0 Å². The molecule has 0 N–H and O–H groups in total. The van der Waals surface area contributed by atoms with Gasteiger partial charge in [0.2, 0.25) is 0 Å². The van der Waals surface area contributed by atoms with Gasteiger partial charge in [0.25, 0.3) is 0 Å². The van der Waals surface area contributed by atoms with Gasteiger partial charge in [-0.3, -0.25) is 4.79 Å². The lowest BCUT2D eigenvalue weighted by atomic mass is 9.97. The molecule has 3 aromatic carbocycles. The molecule has 3 aromatic rings. The maximum absolute atomic E-state index is 12.1. The molecular weight excluding hydrogens is 530 g/mol. The Labute approximate surface area is 246 Å². The molecule has 218 valence electrons. The smallest absolute Gasteiger partial charge is 0.338 e. The predicted molar refractivity (Wildman–Crippen MR) is 169 cm³/mol. The molecule has 4 rings (SSSR count). The Bertz CT molecular complexity index is 1340. The van der Waals surface area contributed by atoms with Crippen molar-refractivity contribution in [1.29, 1.82) is 0 Å². The minimum atomic E-state index is -0.557. The molecule has 0 radical (unpaired) electrons. The van der Waals surface area contributed by atoms with E-state index in [2.05, 4.69) is 49.9 Å². The minimum absolute atomic E-state index is 0.280. The number of carbonyl (C=O) groups excluding carboxylic acids is 2. The summed E-state index contributed by atoms with van der Waals surface area (Å²) in [5.74, 6) is 0.209. The summed E-state index contributed by atoms with van der Waals surface area (Å²) in [6.07, 6.45) is 3.12.